The van der Waals surface area contributed by atoms with Crippen LogP contribution in [-0.2, 0) is 0 Å². The van der Waals surface area contributed by atoms with E-state index in [-0.39, 0.29) is 5.78 Å². The summed E-state index contributed by atoms with van der Waals surface area (Å²) in [6, 6.07) is 8.03. The molecule has 1 N–H and O–H groups in total. The van der Waals surface area contributed by atoms with Crippen LogP contribution in [0.1, 0.15) is 48.8 Å². The summed E-state index contributed by atoms with van der Waals surface area (Å²) >= 11 is 0. The Morgan fingerprint density at radius 3 is 2.93 bits per heavy atom. The monoisotopic (exact) mass is 364 g/mol. The highest BCUT2D eigenvalue weighted by Crippen LogP contribution is 2.21. The summed E-state index contributed by atoms with van der Waals surface area (Å²) in [4.78, 5) is 24.1. The van der Waals surface area contributed by atoms with Crippen LogP contribution in [0.2, 0.25) is 0 Å². The molecule has 1 saturated heterocycles. The minimum atomic E-state index is -0.0908. The number of rotatable bonds is 6. The van der Waals surface area contributed by atoms with Gasteiger partial charge in [0.2, 0.25) is 5.78 Å². The molecule has 1 fully saturated rings. The highest BCUT2D eigenvalue weighted by Gasteiger charge is 2.23. The van der Waals surface area contributed by atoms with Crippen molar-refractivity contribution >= 4 is 17.7 Å². The van der Waals surface area contributed by atoms with Crippen LogP contribution >= 0.6 is 0 Å². The van der Waals surface area contributed by atoms with E-state index in [4.69, 9.17) is 4.98 Å². The molecule has 0 aliphatic carbocycles. The van der Waals surface area contributed by atoms with Gasteiger partial charge < -0.3 is 10.2 Å². The molecule has 3 rings (SSSR count). The van der Waals surface area contributed by atoms with Crippen LogP contribution in [0.25, 0.3) is 6.08 Å². The fourth-order valence-corrected chi connectivity index (χ4v) is 3.53. The normalized spacial score (nSPS) is 17.6. The first-order valence-corrected chi connectivity index (χ1v) is 9.65. The van der Waals surface area contributed by atoms with Gasteiger partial charge in [0.1, 0.15) is 11.5 Å². The first-order valence-electron chi connectivity index (χ1n) is 9.65. The first kappa shape index (κ1) is 19.2. The molecule has 142 valence electrons. The number of ketones is 1. The highest BCUT2D eigenvalue weighted by atomic mass is 16.1. The lowest BCUT2D eigenvalue weighted by Gasteiger charge is -2.35. The molecular formula is C22H28N4O. The van der Waals surface area contributed by atoms with Gasteiger partial charge in [-0.25, -0.2) is 4.98 Å². The molecule has 0 aromatic carbocycles. The minimum absolute atomic E-state index is 0.0908. The lowest BCUT2D eigenvalue weighted by atomic mass is 10.0. The van der Waals surface area contributed by atoms with Gasteiger partial charge in [0, 0.05) is 49.2 Å². The molecule has 0 unspecified atom stereocenters. The zero-order valence-corrected chi connectivity index (χ0v) is 16.4. The van der Waals surface area contributed by atoms with Gasteiger partial charge in [-0.05, 0) is 43.5 Å². The summed E-state index contributed by atoms with van der Waals surface area (Å²) in [5.41, 5.74) is 1.88. The van der Waals surface area contributed by atoms with Crippen molar-refractivity contribution in [1.82, 2.24) is 15.3 Å². The van der Waals surface area contributed by atoms with Crippen molar-refractivity contribution in [2.24, 2.45) is 5.92 Å². The molecule has 5 nitrogen and oxygen atoms in total. The van der Waals surface area contributed by atoms with E-state index in [1.165, 1.54) is 0 Å². The zero-order chi connectivity index (χ0) is 19.2. The third-order valence-corrected chi connectivity index (χ3v) is 4.73. The fourth-order valence-electron chi connectivity index (χ4n) is 3.53. The van der Waals surface area contributed by atoms with Crippen LogP contribution < -0.4 is 10.2 Å². The molecule has 0 saturated carbocycles. The average Bonchev–Trinajstić information content (AvgIpc) is 2.68. The van der Waals surface area contributed by atoms with Crippen molar-refractivity contribution in [3.63, 3.8) is 0 Å². The molecule has 2 aromatic heterocycles. The minimum Gasteiger partial charge on any atom is -0.354 e. The van der Waals surface area contributed by atoms with Crippen molar-refractivity contribution in [3.05, 3.63) is 59.6 Å². The van der Waals surface area contributed by atoms with Gasteiger partial charge in [0.15, 0.2) is 0 Å². The van der Waals surface area contributed by atoms with Crippen LogP contribution in [0.4, 0.5) is 5.82 Å². The Kier molecular flexibility index (Phi) is 6.35. The molecule has 1 atom stereocenters. The molecule has 2 aromatic rings. The van der Waals surface area contributed by atoms with E-state index >= 15 is 0 Å². The van der Waals surface area contributed by atoms with Gasteiger partial charge in [0.05, 0.1) is 0 Å². The summed E-state index contributed by atoms with van der Waals surface area (Å²) in [6.45, 7) is 9.17. The lowest BCUT2D eigenvalue weighted by Crippen LogP contribution is -2.51. The van der Waals surface area contributed by atoms with E-state index < -0.39 is 0 Å². The van der Waals surface area contributed by atoms with Gasteiger partial charge in [-0.3, -0.25) is 9.78 Å². The summed E-state index contributed by atoms with van der Waals surface area (Å²) in [5, 5.41) is 3.59. The second-order valence-corrected chi connectivity index (χ2v) is 7.40. The molecule has 0 radical (unpaired) electrons. The quantitative estimate of drug-likeness (QED) is 0.794. The number of nitrogens with zero attached hydrogens (tertiary/aromatic N) is 3. The Labute approximate surface area is 161 Å². The van der Waals surface area contributed by atoms with E-state index in [0.29, 0.717) is 23.2 Å². The Morgan fingerprint density at radius 2 is 2.22 bits per heavy atom. The lowest BCUT2D eigenvalue weighted by molar-refractivity contribution is 0.103. The molecule has 0 bridgehead atoms. The standard InChI is InChI=1S/C22H28N4O/c1-4-6-17-8-9-20(26-12-11-24-19(15-26)13-16(2)3)25-21(17)22(27)18-7-5-10-23-14-18/h4-10,14,16,19,24H,11-13,15H2,1-3H3/t19-/m0/s1. The van der Waals surface area contributed by atoms with E-state index in [0.717, 1.165) is 37.4 Å². The van der Waals surface area contributed by atoms with Crippen molar-refractivity contribution < 1.29 is 4.79 Å². The maximum absolute atomic E-state index is 13.0. The topological polar surface area (TPSA) is 58.1 Å². The number of aromatic nitrogens is 2. The van der Waals surface area contributed by atoms with Crippen molar-refractivity contribution in [2.75, 3.05) is 24.5 Å². The molecule has 3 heterocycles. The van der Waals surface area contributed by atoms with Gasteiger partial charge in [-0.1, -0.05) is 26.0 Å². The number of anilines is 1. The summed E-state index contributed by atoms with van der Waals surface area (Å²) < 4.78 is 0. The number of nitrogens with one attached hydrogen (secondary N) is 1. The van der Waals surface area contributed by atoms with Crippen molar-refractivity contribution in [2.45, 2.75) is 33.2 Å². The van der Waals surface area contributed by atoms with Gasteiger partial charge in [-0.2, -0.15) is 0 Å². The maximum Gasteiger partial charge on any atom is 0.213 e. The maximum atomic E-state index is 13.0. The van der Waals surface area contributed by atoms with E-state index in [2.05, 4.69) is 29.0 Å². The first-order chi connectivity index (χ1) is 13.1. The summed E-state index contributed by atoms with van der Waals surface area (Å²) in [5.74, 6) is 1.42. The van der Waals surface area contributed by atoms with Crippen molar-refractivity contribution in [1.29, 1.82) is 0 Å². The summed E-state index contributed by atoms with van der Waals surface area (Å²) in [7, 11) is 0. The molecule has 1 aliphatic rings. The molecule has 27 heavy (non-hydrogen) atoms. The number of piperazine rings is 1. The second kappa shape index (κ2) is 8.91. The van der Waals surface area contributed by atoms with Crippen LogP contribution in [0.5, 0.6) is 0 Å². The number of pyridine rings is 2. The zero-order valence-electron chi connectivity index (χ0n) is 16.4. The van der Waals surface area contributed by atoms with E-state index in [1.54, 1.807) is 24.5 Å². The summed E-state index contributed by atoms with van der Waals surface area (Å²) in [6.07, 6.45) is 8.26. The largest absolute Gasteiger partial charge is 0.354 e. The number of hydrogen-bond acceptors (Lipinski definition) is 5. The number of hydrogen-bond donors (Lipinski definition) is 1. The van der Waals surface area contributed by atoms with Crippen LogP contribution in [0, 0.1) is 5.92 Å². The Hall–Kier alpha value is -2.53. The van der Waals surface area contributed by atoms with Crippen LogP contribution in [-0.4, -0.2) is 41.4 Å². The van der Waals surface area contributed by atoms with Gasteiger partial charge in [-0.15, -0.1) is 0 Å². The van der Waals surface area contributed by atoms with E-state index in [9.17, 15) is 4.79 Å². The number of allylic oxidation sites excluding steroid dienone is 1. The second-order valence-electron chi connectivity index (χ2n) is 7.40. The molecule has 0 spiro atoms. The third-order valence-electron chi connectivity index (χ3n) is 4.73. The average molecular weight is 364 g/mol. The molecule has 5 heteroatoms. The Morgan fingerprint density at radius 1 is 1.37 bits per heavy atom. The predicted molar refractivity (Wildman–Crippen MR) is 110 cm³/mol. The highest BCUT2D eigenvalue weighted by molar-refractivity contribution is 6.09. The van der Waals surface area contributed by atoms with Crippen LogP contribution in [0.3, 0.4) is 0 Å². The van der Waals surface area contributed by atoms with Gasteiger partial charge in [0.25, 0.3) is 0 Å². The SMILES string of the molecule is CC=Cc1ccc(N2CCN[C@@H](CC(C)C)C2)nc1C(=O)c1cccnc1. The molecule has 1 aliphatic heterocycles. The van der Waals surface area contributed by atoms with Crippen LogP contribution in [0.15, 0.2) is 42.7 Å². The predicted octanol–water partition coefficient (Wildman–Crippen LogP) is 3.57. The van der Waals surface area contributed by atoms with E-state index in [1.807, 2.05) is 31.2 Å². The Bertz CT molecular complexity index is 801. The van der Waals surface area contributed by atoms with Gasteiger partial charge >= 0.3 is 0 Å². The number of carbonyl (C=O) groups excluding carboxylic acids is 1. The number of carbonyl (C=O) groups is 1. The Balaban J connectivity index is 1.90. The smallest absolute Gasteiger partial charge is 0.213 e. The van der Waals surface area contributed by atoms with Crippen molar-refractivity contribution in [3.8, 4) is 0 Å². The molecular weight excluding hydrogens is 336 g/mol. The third kappa shape index (κ3) is 4.80. The fraction of sp³-hybridized carbons (Fsp3) is 0.409. The molecule has 0 amide bonds.